The number of nitrogens with zero attached hydrogens (tertiary/aromatic N) is 1. The number of nitro groups is 1. The molecule has 104 valence electrons. The molecule has 2 N–H and O–H groups in total. The van der Waals surface area contributed by atoms with Gasteiger partial charge in [0, 0.05) is 16.5 Å². The Bertz CT molecular complexity index is 799. The fraction of sp³-hybridized carbons (Fsp3) is 0. The molecule has 2 aromatic rings. The van der Waals surface area contributed by atoms with Crippen molar-refractivity contribution in [2.24, 2.45) is 5.73 Å². The summed E-state index contributed by atoms with van der Waals surface area (Å²) < 4.78 is 0. The highest BCUT2D eigenvalue weighted by Crippen LogP contribution is 2.43. The topological polar surface area (TPSA) is 86.2 Å². The van der Waals surface area contributed by atoms with E-state index in [2.05, 4.69) is 0 Å². The van der Waals surface area contributed by atoms with Gasteiger partial charge in [0.1, 0.15) is 0 Å². The molecule has 0 saturated heterocycles. The highest BCUT2D eigenvalue weighted by molar-refractivity contribution is 8.05. The van der Waals surface area contributed by atoms with E-state index in [4.69, 9.17) is 5.73 Å². The number of ketones is 1. The number of thioether (sulfide) groups is 1. The summed E-state index contributed by atoms with van der Waals surface area (Å²) in [5, 5.41) is 11.1. The molecule has 0 saturated carbocycles. The van der Waals surface area contributed by atoms with E-state index in [9.17, 15) is 14.9 Å². The Morgan fingerprint density at radius 1 is 1.10 bits per heavy atom. The van der Waals surface area contributed by atoms with Crippen molar-refractivity contribution >= 4 is 28.9 Å². The molecule has 5 nitrogen and oxygen atoms in total. The van der Waals surface area contributed by atoms with Crippen molar-refractivity contribution in [3.05, 3.63) is 74.7 Å². The third-order valence-electron chi connectivity index (χ3n) is 3.19. The van der Waals surface area contributed by atoms with E-state index in [0.29, 0.717) is 10.5 Å². The fourth-order valence-corrected chi connectivity index (χ4v) is 3.24. The highest BCUT2D eigenvalue weighted by atomic mass is 32.2. The number of hydrogen-bond donors (Lipinski definition) is 1. The molecule has 0 spiro atoms. The van der Waals surface area contributed by atoms with Gasteiger partial charge in [-0.3, -0.25) is 14.9 Å². The lowest BCUT2D eigenvalue weighted by Gasteiger charge is -2.05. The summed E-state index contributed by atoms with van der Waals surface area (Å²) >= 11 is 1.25. The van der Waals surface area contributed by atoms with Crippen LogP contribution >= 0.6 is 11.8 Å². The number of benzene rings is 2. The van der Waals surface area contributed by atoms with Crippen molar-refractivity contribution in [3.8, 4) is 0 Å². The first kappa shape index (κ1) is 13.4. The zero-order chi connectivity index (χ0) is 15.0. The average molecular weight is 298 g/mol. The van der Waals surface area contributed by atoms with Crippen LogP contribution in [0.5, 0.6) is 0 Å². The van der Waals surface area contributed by atoms with E-state index in [1.807, 2.05) is 12.1 Å². The Hall–Kier alpha value is -2.60. The fourth-order valence-electron chi connectivity index (χ4n) is 2.18. The second kappa shape index (κ2) is 5.06. The number of hydrogen-bond acceptors (Lipinski definition) is 5. The van der Waals surface area contributed by atoms with Crippen molar-refractivity contribution in [3.63, 3.8) is 0 Å². The maximum absolute atomic E-state index is 12.4. The number of nitrogens with two attached hydrogens (primary N) is 1. The van der Waals surface area contributed by atoms with Gasteiger partial charge < -0.3 is 5.73 Å². The zero-order valence-electron chi connectivity index (χ0n) is 10.8. The van der Waals surface area contributed by atoms with Gasteiger partial charge in [-0.1, -0.05) is 36.0 Å². The minimum atomic E-state index is -0.500. The number of fused-ring (bicyclic) bond motifs is 1. The standard InChI is InChI=1S/C15H10N2O3S/c16-13(9-5-1-3-7-11(9)17(19)20)15-14(18)10-6-2-4-8-12(10)21-15/h1-8H,16H2. The van der Waals surface area contributed by atoms with Gasteiger partial charge in [0.2, 0.25) is 5.78 Å². The van der Waals surface area contributed by atoms with Crippen molar-refractivity contribution in [2.75, 3.05) is 0 Å². The average Bonchev–Trinajstić information content (AvgIpc) is 2.84. The molecule has 0 fully saturated rings. The first-order valence-electron chi connectivity index (χ1n) is 6.14. The third kappa shape index (κ3) is 2.19. The number of nitro benzene ring substituents is 1. The van der Waals surface area contributed by atoms with E-state index < -0.39 is 4.92 Å². The van der Waals surface area contributed by atoms with E-state index >= 15 is 0 Å². The number of para-hydroxylation sites is 1. The van der Waals surface area contributed by atoms with Crippen LogP contribution in [0.4, 0.5) is 5.69 Å². The molecule has 21 heavy (non-hydrogen) atoms. The van der Waals surface area contributed by atoms with Crippen molar-refractivity contribution in [2.45, 2.75) is 4.90 Å². The predicted molar refractivity (Wildman–Crippen MR) is 80.8 cm³/mol. The maximum Gasteiger partial charge on any atom is 0.278 e. The largest absolute Gasteiger partial charge is 0.397 e. The first-order chi connectivity index (χ1) is 10.1. The molecule has 2 aromatic carbocycles. The van der Waals surface area contributed by atoms with E-state index in [-0.39, 0.29) is 22.7 Å². The van der Waals surface area contributed by atoms with Crippen LogP contribution < -0.4 is 5.73 Å². The van der Waals surface area contributed by atoms with Crippen LogP contribution in [0.25, 0.3) is 5.70 Å². The van der Waals surface area contributed by atoms with Gasteiger partial charge in [0.25, 0.3) is 5.69 Å². The van der Waals surface area contributed by atoms with Crippen LogP contribution in [-0.4, -0.2) is 10.7 Å². The SMILES string of the molecule is NC(=C1Sc2ccccc2C1=O)c1ccccc1[N+](=O)[O-]. The molecule has 1 aliphatic rings. The quantitative estimate of drug-likeness (QED) is 0.522. The van der Waals surface area contributed by atoms with E-state index in [1.54, 1.807) is 30.3 Å². The molecule has 0 amide bonds. The number of Topliss-reactive ketones (excluding diaryl/α,β-unsaturated/α-hetero) is 1. The van der Waals surface area contributed by atoms with Gasteiger partial charge in [-0.25, -0.2) is 0 Å². The first-order valence-corrected chi connectivity index (χ1v) is 6.96. The van der Waals surface area contributed by atoms with Crippen LogP contribution in [0, 0.1) is 10.1 Å². The van der Waals surface area contributed by atoms with E-state index in [0.717, 1.165) is 4.90 Å². The Morgan fingerprint density at radius 3 is 2.48 bits per heavy atom. The molecule has 6 heteroatoms. The number of rotatable bonds is 2. The molecule has 1 heterocycles. The van der Waals surface area contributed by atoms with Crippen molar-refractivity contribution in [1.29, 1.82) is 0 Å². The normalized spacial score (nSPS) is 15.7. The third-order valence-corrected chi connectivity index (χ3v) is 4.37. The molecular weight excluding hydrogens is 288 g/mol. The predicted octanol–water partition coefficient (Wildman–Crippen LogP) is 3.21. The highest BCUT2D eigenvalue weighted by Gasteiger charge is 2.29. The molecule has 0 radical (unpaired) electrons. The molecule has 0 aliphatic carbocycles. The molecule has 0 unspecified atom stereocenters. The Morgan fingerprint density at radius 2 is 1.76 bits per heavy atom. The number of carbonyl (C=O) groups excluding carboxylic acids is 1. The minimum absolute atomic E-state index is 0.105. The van der Waals surface area contributed by atoms with Gasteiger partial charge in [-0.2, -0.15) is 0 Å². The summed E-state index contributed by atoms with van der Waals surface area (Å²) in [7, 11) is 0. The summed E-state index contributed by atoms with van der Waals surface area (Å²) in [5.74, 6) is -0.189. The Kier molecular flexibility index (Phi) is 3.23. The van der Waals surface area contributed by atoms with E-state index in [1.165, 1.54) is 17.8 Å². The van der Waals surface area contributed by atoms with Crippen LogP contribution in [-0.2, 0) is 0 Å². The molecule has 0 atom stereocenters. The second-order valence-corrected chi connectivity index (χ2v) is 5.50. The summed E-state index contributed by atoms with van der Waals surface area (Å²) in [5.41, 5.74) is 6.94. The van der Waals surface area contributed by atoms with Gasteiger partial charge >= 0.3 is 0 Å². The molecule has 0 aromatic heterocycles. The zero-order valence-corrected chi connectivity index (χ0v) is 11.6. The minimum Gasteiger partial charge on any atom is -0.397 e. The monoisotopic (exact) mass is 298 g/mol. The lowest BCUT2D eigenvalue weighted by Crippen LogP contribution is -2.07. The Balaban J connectivity index is 2.14. The van der Waals surface area contributed by atoms with Gasteiger partial charge in [-0.05, 0) is 18.2 Å². The summed E-state index contributed by atoms with van der Waals surface area (Å²) in [6.45, 7) is 0. The van der Waals surface area contributed by atoms with Gasteiger partial charge in [0.05, 0.1) is 21.1 Å². The number of allylic oxidation sites excluding steroid dienone is 1. The lowest BCUT2D eigenvalue weighted by molar-refractivity contribution is -0.385. The summed E-state index contributed by atoms with van der Waals surface area (Å²) in [6, 6.07) is 13.3. The van der Waals surface area contributed by atoms with Gasteiger partial charge in [0.15, 0.2) is 0 Å². The van der Waals surface area contributed by atoms with Crippen LogP contribution in [0.1, 0.15) is 15.9 Å². The second-order valence-electron chi connectivity index (χ2n) is 4.44. The van der Waals surface area contributed by atoms with Crippen molar-refractivity contribution < 1.29 is 9.72 Å². The Labute approximate surface area is 124 Å². The molecule has 0 bridgehead atoms. The van der Waals surface area contributed by atoms with Crippen LogP contribution in [0.3, 0.4) is 0 Å². The number of carbonyl (C=O) groups is 1. The van der Waals surface area contributed by atoms with Crippen molar-refractivity contribution in [1.82, 2.24) is 0 Å². The summed E-state index contributed by atoms with van der Waals surface area (Å²) in [4.78, 5) is 24.1. The lowest BCUT2D eigenvalue weighted by atomic mass is 10.1. The van der Waals surface area contributed by atoms with Crippen LogP contribution in [0.15, 0.2) is 58.3 Å². The molecule has 1 aliphatic heterocycles. The molecular formula is C15H10N2O3S. The van der Waals surface area contributed by atoms with Crippen LogP contribution in [0.2, 0.25) is 0 Å². The molecule has 3 rings (SSSR count). The van der Waals surface area contributed by atoms with Gasteiger partial charge in [-0.15, -0.1) is 0 Å². The smallest absolute Gasteiger partial charge is 0.278 e. The summed E-state index contributed by atoms with van der Waals surface area (Å²) in [6.07, 6.45) is 0. The maximum atomic E-state index is 12.4.